The van der Waals surface area contributed by atoms with Crippen LogP contribution in [0.4, 0.5) is 0 Å². The summed E-state index contributed by atoms with van der Waals surface area (Å²) in [5, 5.41) is 0. The lowest BCUT2D eigenvalue weighted by Gasteiger charge is -2.33. The van der Waals surface area contributed by atoms with Crippen LogP contribution in [0.25, 0.3) is 0 Å². The highest BCUT2D eigenvalue weighted by atomic mass is 16.5. The first-order valence-electron chi connectivity index (χ1n) is 9.71. The van der Waals surface area contributed by atoms with Crippen LogP contribution < -0.4 is 4.74 Å². The second kappa shape index (κ2) is 8.57. The third kappa shape index (κ3) is 4.25. The van der Waals surface area contributed by atoms with Gasteiger partial charge < -0.3 is 9.47 Å². The van der Waals surface area contributed by atoms with Gasteiger partial charge in [0, 0.05) is 13.0 Å². The number of nitrogens with zero attached hydrogens (tertiary/aromatic N) is 1. The van der Waals surface area contributed by atoms with Crippen molar-refractivity contribution in [2.45, 2.75) is 39.2 Å². The zero-order valence-electron chi connectivity index (χ0n) is 16.7. The summed E-state index contributed by atoms with van der Waals surface area (Å²) in [4.78, 5) is 26.6. The average Bonchev–Trinajstić information content (AvgIpc) is 2.96. The largest absolute Gasteiger partial charge is 0.494 e. The Morgan fingerprint density at radius 1 is 0.893 bits per heavy atom. The fourth-order valence-corrected chi connectivity index (χ4v) is 3.30. The molecule has 0 atom stereocenters. The van der Waals surface area contributed by atoms with Gasteiger partial charge in [-0.05, 0) is 50.1 Å². The number of carbonyl (C=O) groups is 2. The van der Waals surface area contributed by atoms with Crippen LogP contribution >= 0.6 is 0 Å². The molecule has 2 aromatic rings. The van der Waals surface area contributed by atoms with Crippen LogP contribution in [-0.4, -0.2) is 42.1 Å². The Kier molecular flexibility index (Phi) is 6.15. The van der Waals surface area contributed by atoms with E-state index in [1.54, 1.807) is 24.3 Å². The Hall–Kier alpha value is -2.66. The number of hydrogen-bond acceptors (Lipinski definition) is 4. The number of hydrogen-bond donors (Lipinski definition) is 0. The zero-order chi connectivity index (χ0) is 20.1. The van der Waals surface area contributed by atoms with Gasteiger partial charge in [0.2, 0.25) is 0 Å². The molecule has 0 aromatic heterocycles. The van der Waals surface area contributed by atoms with Crippen LogP contribution in [0.3, 0.4) is 0 Å². The van der Waals surface area contributed by atoms with Crippen molar-refractivity contribution in [3.8, 4) is 5.75 Å². The fraction of sp³-hybridized carbons (Fsp3) is 0.391. The van der Waals surface area contributed by atoms with E-state index in [9.17, 15) is 9.59 Å². The Balaban J connectivity index is 1.44. The van der Waals surface area contributed by atoms with Crippen LogP contribution in [0.5, 0.6) is 5.75 Å². The summed E-state index contributed by atoms with van der Waals surface area (Å²) in [6.07, 6.45) is 1.74. The number of benzene rings is 2. The number of fused-ring (bicyclic) bond motifs is 1. The molecule has 1 heterocycles. The molecular weight excluding hydrogens is 354 g/mol. The van der Waals surface area contributed by atoms with E-state index in [-0.39, 0.29) is 18.4 Å². The maximum atomic E-state index is 12.6. The Bertz CT molecular complexity index is 807. The maximum Gasteiger partial charge on any atom is 0.262 e. The fourth-order valence-electron chi connectivity index (χ4n) is 3.30. The lowest BCUT2D eigenvalue weighted by molar-refractivity contribution is 0.0141. The van der Waals surface area contributed by atoms with Crippen molar-refractivity contribution < 1.29 is 19.1 Å². The van der Waals surface area contributed by atoms with Crippen molar-refractivity contribution in [2.24, 2.45) is 0 Å². The first-order valence-corrected chi connectivity index (χ1v) is 9.71. The zero-order valence-corrected chi connectivity index (χ0v) is 16.7. The van der Waals surface area contributed by atoms with E-state index in [1.165, 1.54) is 10.5 Å². The van der Waals surface area contributed by atoms with Crippen LogP contribution in [0.2, 0.25) is 0 Å². The molecule has 5 heteroatoms. The van der Waals surface area contributed by atoms with E-state index in [1.807, 2.05) is 26.0 Å². The van der Waals surface area contributed by atoms with Gasteiger partial charge in [-0.25, -0.2) is 0 Å². The van der Waals surface area contributed by atoms with Crippen molar-refractivity contribution in [1.29, 1.82) is 0 Å². The van der Waals surface area contributed by atoms with Gasteiger partial charge in [0.25, 0.3) is 11.8 Å². The molecule has 5 nitrogen and oxygen atoms in total. The minimum atomic E-state index is -0.718. The van der Waals surface area contributed by atoms with Crippen molar-refractivity contribution in [3.05, 3.63) is 65.2 Å². The minimum Gasteiger partial charge on any atom is -0.494 e. The van der Waals surface area contributed by atoms with Crippen LogP contribution in [0.1, 0.15) is 53.5 Å². The molecule has 1 aliphatic heterocycles. The van der Waals surface area contributed by atoms with Crippen LogP contribution in [0.15, 0.2) is 48.5 Å². The summed E-state index contributed by atoms with van der Waals surface area (Å²) in [6.45, 7) is 7.15. The number of imide groups is 1. The van der Waals surface area contributed by atoms with Gasteiger partial charge in [-0.1, -0.05) is 31.2 Å². The Morgan fingerprint density at radius 3 is 2.07 bits per heavy atom. The number of rotatable bonds is 9. The first kappa shape index (κ1) is 20.1. The molecule has 0 saturated heterocycles. The van der Waals surface area contributed by atoms with E-state index < -0.39 is 5.54 Å². The second-order valence-corrected chi connectivity index (χ2v) is 7.56. The van der Waals surface area contributed by atoms with Gasteiger partial charge in [0.15, 0.2) is 0 Å². The summed E-state index contributed by atoms with van der Waals surface area (Å²) >= 11 is 0. The molecule has 0 saturated carbocycles. The minimum absolute atomic E-state index is 0.256. The summed E-state index contributed by atoms with van der Waals surface area (Å²) in [7, 11) is 0. The van der Waals surface area contributed by atoms with Gasteiger partial charge in [-0.3, -0.25) is 14.5 Å². The summed E-state index contributed by atoms with van der Waals surface area (Å²) in [6, 6.07) is 15.0. The lowest BCUT2D eigenvalue weighted by Crippen LogP contribution is -2.50. The van der Waals surface area contributed by atoms with Gasteiger partial charge in [0.1, 0.15) is 5.75 Å². The molecule has 2 amide bonds. The monoisotopic (exact) mass is 381 g/mol. The maximum absolute atomic E-state index is 12.6. The van der Waals surface area contributed by atoms with Gasteiger partial charge in [-0.2, -0.15) is 0 Å². The summed E-state index contributed by atoms with van der Waals surface area (Å²) in [5.41, 5.74) is 1.49. The molecule has 0 aliphatic carbocycles. The third-order valence-electron chi connectivity index (χ3n) is 4.89. The number of carbonyl (C=O) groups excluding carboxylic acids is 2. The topological polar surface area (TPSA) is 55.8 Å². The molecule has 0 radical (unpaired) electrons. The third-order valence-corrected chi connectivity index (χ3v) is 4.89. The van der Waals surface area contributed by atoms with Crippen molar-refractivity contribution in [3.63, 3.8) is 0 Å². The Morgan fingerprint density at radius 2 is 1.50 bits per heavy atom. The average molecular weight is 381 g/mol. The smallest absolute Gasteiger partial charge is 0.262 e. The molecular formula is C23H27NO4. The van der Waals surface area contributed by atoms with Gasteiger partial charge in [0.05, 0.1) is 29.9 Å². The molecule has 0 spiro atoms. The molecule has 3 rings (SSSR count). The number of ether oxygens (including phenoxy) is 2. The van der Waals surface area contributed by atoms with Crippen molar-refractivity contribution in [1.82, 2.24) is 4.90 Å². The second-order valence-electron chi connectivity index (χ2n) is 7.56. The molecule has 28 heavy (non-hydrogen) atoms. The van der Waals surface area contributed by atoms with Gasteiger partial charge >= 0.3 is 0 Å². The highest BCUT2D eigenvalue weighted by molar-refractivity contribution is 6.21. The number of aryl methyl sites for hydroxylation is 1. The van der Waals surface area contributed by atoms with E-state index in [2.05, 4.69) is 19.1 Å². The van der Waals surface area contributed by atoms with E-state index in [0.29, 0.717) is 24.3 Å². The van der Waals surface area contributed by atoms with Gasteiger partial charge in [-0.15, -0.1) is 0 Å². The first-order chi connectivity index (χ1) is 13.4. The quantitative estimate of drug-likeness (QED) is 0.485. The SMILES string of the molecule is CCc1ccc(OCCCOCC(C)(C)N2C(=O)c3ccccc3C2=O)cc1. The molecule has 1 aliphatic rings. The predicted octanol–water partition coefficient (Wildman–Crippen LogP) is 4.11. The molecule has 0 bridgehead atoms. The summed E-state index contributed by atoms with van der Waals surface area (Å²) in [5.74, 6) is 0.338. The Labute approximate surface area is 166 Å². The standard InChI is InChI=1S/C23H27NO4/c1-4-17-10-12-18(13-11-17)28-15-7-14-27-16-23(2,3)24-21(25)19-8-5-6-9-20(19)22(24)26/h5-6,8-13H,4,7,14-16H2,1-3H3. The molecule has 0 N–H and O–H groups in total. The highest BCUT2D eigenvalue weighted by Crippen LogP contribution is 2.29. The van der Waals surface area contributed by atoms with Crippen LogP contribution in [-0.2, 0) is 11.2 Å². The number of amides is 2. The molecule has 0 unspecified atom stereocenters. The van der Waals surface area contributed by atoms with E-state index >= 15 is 0 Å². The molecule has 0 fully saturated rings. The lowest BCUT2D eigenvalue weighted by atomic mass is 10.0. The van der Waals surface area contributed by atoms with E-state index in [0.717, 1.165) is 18.6 Å². The molecule has 2 aromatic carbocycles. The highest BCUT2D eigenvalue weighted by Gasteiger charge is 2.43. The molecule has 148 valence electrons. The predicted molar refractivity (Wildman–Crippen MR) is 108 cm³/mol. The van der Waals surface area contributed by atoms with Crippen LogP contribution in [0, 0.1) is 0 Å². The van der Waals surface area contributed by atoms with Crippen molar-refractivity contribution >= 4 is 11.8 Å². The van der Waals surface area contributed by atoms with Crippen molar-refractivity contribution in [2.75, 3.05) is 19.8 Å². The van der Waals surface area contributed by atoms with E-state index in [4.69, 9.17) is 9.47 Å². The summed E-state index contributed by atoms with van der Waals surface area (Å²) < 4.78 is 11.5. The normalized spacial score (nSPS) is 13.8.